The number of hydrogen-bond donors (Lipinski definition) is 2. The molecule has 2 aromatic rings. The molecular formula is C21H26BrN3O3. The summed E-state index contributed by atoms with van der Waals surface area (Å²) in [4.78, 5) is 26.5. The first-order chi connectivity index (χ1) is 13.3. The number of benzene rings is 2. The summed E-state index contributed by atoms with van der Waals surface area (Å²) in [5, 5.41) is 5.78. The van der Waals surface area contributed by atoms with Gasteiger partial charge in [-0.05, 0) is 50.7 Å². The van der Waals surface area contributed by atoms with Crippen molar-refractivity contribution in [1.82, 2.24) is 10.2 Å². The van der Waals surface area contributed by atoms with Crippen molar-refractivity contribution in [3.8, 4) is 5.75 Å². The molecule has 0 aliphatic carbocycles. The molecule has 0 aromatic heterocycles. The third-order valence-corrected chi connectivity index (χ3v) is 5.03. The van der Waals surface area contributed by atoms with E-state index in [2.05, 4.69) is 26.6 Å². The number of para-hydroxylation sites is 1. The number of halogens is 1. The second-order valence-electron chi connectivity index (χ2n) is 6.63. The number of nitrogens with one attached hydrogen (secondary N) is 2. The molecule has 2 aromatic carbocycles. The van der Waals surface area contributed by atoms with Gasteiger partial charge in [-0.2, -0.15) is 0 Å². The van der Waals surface area contributed by atoms with Crippen LogP contribution in [0.1, 0.15) is 18.1 Å². The molecule has 0 fully saturated rings. The minimum Gasteiger partial charge on any atom is -0.496 e. The Bertz CT molecular complexity index is 841. The molecule has 7 heteroatoms. The standard InChI is InChI=1S/C21H26BrN3O3/c1-14-11-17(22)9-10-18(14)24-20(26)13-25(3)15(2)21(27)23-12-16-7-5-6-8-19(16)28-4/h5-11,15H,12-13H2,1-4H3,(H,23,27)(H,24,26). The normalized spacial score (nSPS) is 11.8. The molecule has 2 N–H and O–H groups in total. The fraction of sp³-hybridized carbons (Fsp3) is 0.333. The Morgan fingerprint density at radius 3 is 2.61 bits per heavy atom. The first-order valence-electron chi connectivity index (χ1n) is 8.97. The maximum Gasteiger partial charge on any atom is 0.238 e. The highest BCUT2D eigenvalue weighted by atomic mass is 79.9. The Hall–Kier alpha value is -2.38. The molecule has 150 valence electrons. The van der Waals surface area contributed by atoms with Gasteiger partial charge in [-0.1, -0.05) is 34.1 Å². The van der Waals surface area contributed by atoms with Gasteiger partial charge in [0.1, 0.15) is 5.75 Å². The van der Waals surface area contributed by atoms with Crippen molar-refractivity contribution in [3.05, 3.63) is 58.1 Å². The summed E-state index contributed by atoms with van der Waals surface area (Å²) in [5.74, 6) is 0.409. The molecule has 0 spiro atoms. The molecular weight excluding hydrogens is 422 g/mol. The largest absolute Gasteiger partial charge is 0.496 e. The maximum atomic E-state index is 12.5. The number of hydrogen-bond acceptors (Lipinski definition) is 4. The molecule has 2 rings (SSSR count). The van der Waals surface area contributed by atoms with E-state index in [1.54, 1.807) is 26.0 Å². The Morgan fingerprint density at radius 2 is 1.93 bits per heavy atom. The van der Waals surface area contributed by atoms with Gasteiger partial charge >= 0.3 is 0 Å². The molecule has 1 atom stereocenters. The predicted octanol–water partition coefficient (Wildman–Crippen LogP) is 3.34. The number of ether oxygens (including phenoxy) is 1. The third kappa shape index (κ3) is 6.07. The van der Waals surface area contributed by atoms with Crippen LogP contribution in [0.2, 0.25) is 0 Å². The lowest BCUT2D eigenvalue weighted by Gasteiger charge is -2.23. The van der Waals surface area contributed by atoms with E-state index in [1.165, 1.54) is 0 Å². The molecule has 0 radical (unpaired) electrons. The summed E-state index contributed by atoms with van der Waals surface area (Å²) in [6.07, 6.45) is 0. The average molecular weight is 448 g/mol. The van der Waals surface area contributed by atoms with Crippen LogP contribution in [0.3, 0.4) is 0 Å². The minimum absolute atomic E-state index is 0.110. The third-order valence-electron chi connectivity index (χ3n) is 4.54. The first-order valence-corrected chi connectivity index (χ1v) is 9.77. The summed E-state index contributed by atoms with van der Waals surface area (Å²) in [5.41, 5.74) is 2.62. The highest BCUT2D eigenvalue weighted by Gasteiger charge is 2.20. The van der Waals surface area contributed by atoms with Crippen LogP contribution in [0, 0.1) is 6.92 Å². The van der Waals surface area contributed by atoms with Crippen LogP contribution >= 0.6 is 15.9 Å². The van der Waals surface area contributed by atoms with Gasteiger partial charge in [0.05, 0.1) is 19.7 Å². The molecule has 0 heterocycles. The van der Waals surface area contributed by atoms with Crippen molar-refractivity contribution in [1.29, 1.82) is 0 Å². The number of aryl methyl sites for hydroxylation is 1. The van der Waals surface area contributed by atoms with Gasteiger partial charge in [-0.15, -0.1) is 0 Å². The van der Waals surface area contributed by atoms with Crippen LogP contribution in [0.4, 0.5) is 5.69 Å². The van der Waals surface area contributed by atoms with Gasteiger partial charge in [0.15, 0.2) is 0 Å². The van der Waals surface area contributed by atoms with E-state index in [1.807, 2.05) is 49.4 Å². The highest BCUT2D eigenvalue weighted by molar-refractivity contribution is 9.10. The lowest BCUT2D eigenvalue weighted by molar-refractivity contribution is -0.126. The van der Waals surface area contributed by atoms with E-state index in [4.69, 9.17) is 4.74 Å². The smallest absolute Gasteiger partial charge is 0.238 e. The Balaban J connectivity index is 1.87. The fourth-order valence-corrected chi connectivity index (χ4v) is 3.18. The summed E-state index contributed by atoms with van der Waals surface area (Å²) < 4.78 is 6.25. The number of nitrogens with zero attached hydrogens (tertiary/aromatic N) is 1. The predicted molar refractivity (Wildman–Crippen MR) is 114 cm³/mol. The monoisotopic (exact) mass is 447 g/mol. The quantitative estimate of drug-likeness (QED) is 0.650. The van der Waals surface area contributed by atoms with Crippen molar-refractivity contribution >= 4 is 33.4 Å². The van der Waals surface area contributed by atoms with Gasteiger partial charge in [0.2, 0.25) is 11.8 Å². The summed E-state index contributed by atoms with van der Waals surface area (Å²) in [6, 6.07) is 12.7. The molecule has 28 heavy (non-hydrogen) atoms. The van der Waals surface area contributed by atoms with Crippen LogP contribution in [-0.4, -0.2) is 43.5 Å². The minimum atomic E-state index is -0.452. The molecule has 0 aliphatic rings. The molecule has 0 bridgehead atoms. The summed E-state index contributed by atoms with van der Waals surface area (Å²) in [6.45, 7) is 4.18. The number of methoxy groups -OCH3 is 1. The van der Waals surface area contributed by atoms with E-state index in [0.29, 0.717) is 6.54 Å². The second-order valence-corrected chi connectivity index (χ2v) is 7.54. The van der Waals surface area contributed by atoms with E-state index in [-0.39, 0.29) is 18.4 Å². The Kier molecular flexibility index (Phi) is 8.02. The van der Waals surface area contributed by atoms with Gasteiger partial charge in [0.25, 0.3) is 0 Å². The van der Waals surface area contributed by atoms with Crippen LogP contribution in [0.15, 0.2) is 46.9 Å². The lowest BCUT2D eigenvalue weighted by atomic mass is 10.2. The average Bonchev–Trinajstić information content (AvgIpc) is 2.67. The Morgan fingerprint density at radius 1 is 1.21 bits per heavy atom. The number of amides is 2. The number of carbonyl (C=O) groups excluding carboxylic acids is 2. The zero-order valence-electron chi connectivity index (χ0n) is 16.6. The molecule has 0 aliphatic heterocycles. The fourth-order valence-electron chi connectivity index (χ4n) is 2.70. The highest BCUT2D eigenvalue weighted by Crippen LogP contribution is 2.20. The molecule has 6 nitrogen and oxygen atoms in total. The zero-order chi connectivity index (χ0) is 20.7. The van der Waals surface area contributed by atoms with Gasteiger partial charge in [-0.25, -0.2) is 0 Å². The molecule has 0 saturated carbocycles. The first kappa shape index (κ1) is 21.9. The summed E-state index contributed by atoms with van der Waals surface area (Å²) >= 11 is 3.41. The lowest BCUT2D eigenvalue weighted by Crippen LogP contribution is -2.45. The van der Waals surface area contributed by atoms with Crippen LogP contribution in [0.5, 0.6) is 5.75 Å². The number of rotatable bonds is 8. The molecule has 2 amide bonds. The van der Waals surface area contributed by atoms with Crippen molar-refractivity contribution < 1.29 is 14.3 Å². The van der Waals surface area contributed by atoms with Gasteiger partial charge in [0, 0.05) is 22.3 Å². The number of carbonyl (C=O) groups is 2. The van der Waals surface area contributed by atoms with E-state index >= 15 is 0 Å². The van der Waals surface area contributed by atoms with E-state index < -0.39 is 6.04 Å². The maximum absolute atomic E-state index is 12.5. The zero-order valence-corrected chi connectivity index (χ0v) is 18.2. The molecule has 1 unspecified atom stereocenters. The topological polar surface area (TPSA) is 70.7 Å². The number of likely N-dealkylation sites (N-methyl/N-ethyl adjacent to an activating group) is 1. The van der Waals surface area contributed by atoms with Crippen LogP contribution in [-0.2, 0) is 16.1 Å². The van der Waals surface area contributed by atoms with Crippen molar-refractivity contribution in [3.63, 3.8) is 0 Å². The van der Waals surface area contributed by atoms with Crippen molar-refractivity contribution in [2.45, 2.75) is 26.4 Å². The van der Waals surface area contributed by atoms with Crippen LogP contribution in [0.25, 0.3) is 0 Å². The van der Waals surface area contributed by atoms with E-state index in [0.717, 1.165) is 27.0 Å². The number of anilines is 1. The molecule has 0 saturated heterocycles. The second kappa shape index (κ2) is 10.2. The van der Waals surface area contributed by atoms with E-state index in [9.17, 15) is 9.59 Å². The van der Waals surface area contributed by atoms with Gasteiger partial charge in [-0.3, -0.25) is 14.5 Å². The van der Waals surface area contributed by atoms with Crippen molar-refractivity contribution in [2.75, 3.05) is 26.0 Å². The van der Waals surface area contributed by atoms with Crippen molar-refractivity contribution in [2.24, 2.45) is 0 Å². The van der Waals surface area contributed by atoms with Gasteiger partial charge < -0.3 is 15.4 Å². The SMILES string of the molecule is COc1ccccc1CNC(=O)C(C)N(C)CC(=O)Nc1ccc(Br)cc1C. The summed E-state index contributed by atoms with van der Waals surface area (Å²) in [7, 11) is 3.35. The van der Waals surface area contributed by atoms with Crippen LogP contribution < -0.4 is 15.4 Å². The Labute approximate surface area is 174 Å².